The molecule has 0 saturated heterocycles. The molecule has 1 aromatic carbocycles. The lowest BCUT2D eigenvalue weighted by molar-refractivity contribution is -0.121. The normalized spacial score (nSPS) is 10.5. The highest BCUT2D eigenvalue weighted by Gasteiger charge is 2.11. The molecular weight excluding hydrogens is 334 g/mol. The van der Waals surface area contributed by atoms with Gasteiger partial charge in [0.2, 0.25) is 5.91 Å². The standard InChI is InChI=1S/C17H18ClNO3S/c1-22-11-13-5-3-2-4-12(13)10-19-17(21)9-6-14(20)15-7-8-16(18)23-15/h2-5,7-8H,6,9-11H2,1H3,(H,19,21). The first kappa shape index (κ1) is 17.7. The van der Waals surface area contributed by atoms with E-state index in [2.05, 4.69) is 5.32 Å². The Kier molecular flexibility index (Phi) is 6.77. The van der Waals surface area contributed by atoms with Gasteiger partial charge in [-0.2, -0.15) is 0 Å². The summed E-state index contributed by atoms with van der Waals surface area (Å²) in [6, 6.07) is 11.2. The van der Waals surface area contributed by atoms with E-state index in [0.717, 1.165) is 11.1 Å². The van der Waals surface area contributed by atoms with Gasteiger partial charge in [-0.15, -0.1) is 11.3 Å². The summed E-state index contributed by atoms with van der Waals surface area (Å²) >= 11 is 7.04. The summed E-state index contributed by atoms with van der Waals surface area (Å²) in [4.78, 5) is 24.4. The van der Waals surface area contributed by atoms with E-state index in [4.69, 9.17) is 16.3 Å². The van der Waals surface area contributed by atoms with Gasteiger partial charge in [-0.05, 0) is 23.3 Å². The van der Waals surface area contributed by atoms with Gasteiger partial charge in [0.1, 0.15) is 0 Å². The maximum atomic E-state index is 11.9. The van der Waals surface area contributed by atoms with Crippen LogP contribution in [0.4, 0.5) is 0 Å². The van der Waals surface area contributed by atoms with Crippen molar-refractivity contribution < 1.29 is 14.3 Å². The molecule has 0 radical (unpaired) electrons. The van der Waals surface area contributed by atoms with Crippen LogP contribution in [0.25, 0.3) is 0 Å². The third-order valence-corrected chi connectivity index (χ3v) is 4.59. The maximum absolute atomic E-state index is 11.9. The molecule has 2 aromatic rings. The molecule has 0 atom stereocenters. The van der Waals surface area contributed by atoms with E-state index in [1.807, 2.05) is 24.3 Å². The molecule has 23 heavy (non-hydrogen) atoms. The van der Waals surface area contributed by atoms with Crippen molar-refractivity contribution in [3.05, 3.63) is 56.7 Å². The Morgan fingerprint density at radius 2 is 1.87 bits per heavy atom. The molecule has 1 amide bonds. The van der Waals surface area contributed by atoms with E-state index in [9.17, 15) is 9.59 Å². The number of carbonyl (C=O) groups excluding carboxylic acids is 2. The summed E-state index contributed by atoms with van der Waals surface area (Å²) in [5, 5.41) is 2.84. The fraction of sp³-hybridized carbons (Fsp3) is 0.294. The van der Waals surface area contributed by atoms with Crippen molar-refractivity contribution in [2.24, 2.45) is 0 Å². The summed E-state index contributed by atoms with van der Waals surface area (Å²) in [7, 11) is 1.64. The van der Waals surface area contributed by atoms with Crippen molar-refractivity contribution in [2.45, 2.75) is 26.0 Å². The van der Waals surface area contributed by atoms with Crippen LogP contribution in [-0.2, 0) is 22.7 Å². The largest absolute Gasteiger partial charge is 0.380 e. The summed E-state index contributed by atoms with van der Waals surface area (Å²) in [6.45, 7) is 0.932. The zero-order chi connectivity index (χ0) is 16.7. The van der Waals surface area contributed by atoms with Crippen molar-refractivity contribution in [2.75, 3.05) is 7.11 Å². The minimum Gasteiger partial charge on any atom is -0.380 e. The van der Waals surface area contributed by atoms with Crippen molar-refractivity contribution in [3.8, 4) is 0 Å². The zero-order valence-electron chi connectivity index (χ0n) is 12.8. The monoisotopic (exact) mass is 351 g/mol. The summed E-state index contributed by atoms with van der Waals surface area (Å²) in [5.74, 6) is -0.204. The number of ether oxygens (including phenoxy) is 1. The summed E-state index contributed by atoms with van der Waals surface area (Å²) in [6.07, 6.45) is 0.350. The molecule has 0 aliphatic carbocycles. The second-order valence-electron chi connectivity index (χ2n) is 5.01. The number of benzene rings is 1. The lowest BCUT2D eigenvalue weighted by atomic mass is 10.1. The Balaban J connectivity index is 1.80. The molecule has 1 heterocycles. The molecular formula is C17H18ClNO3S. The fourth-order valence-electron chi connectivity index (χ4n) is 2.12. The van der Waals surface area contributed by atoms with E-state index < -0.39 is 0 Å². The van der Waals surface area contributed by atoms with Crippen molar-refractivity contribution in [1.29, 1.82) is 0 Å². The number of halogens is 1. The van der Waals surface area contributed by atoms with Crippen LogP contribution < -0.4 is 5.32 Å². The number of hydrogen-bond donors (Lipinski definition) is 1. The van der Waals surface area contributed by atoms with Gasteiger partial charge in [-0.3, -0.25) is 9.59 Å². The Bertz CT molecular complexity index is 684. The smallest absolute Gasteiger partial charge is 0.220 e. The van der Waals surface area contributed by atoms with Crippen LogP contribution in [0.3, 0.4) is 0 Å². The first-order valence-corrected chi connectivity index (χ1v) is 8.40. The Labute approximate surface area is 144 Å². The number of thiophene rings is 1. The molecule has 0 bridgehead atoms. The van der Waals surface area contributed by atoms with Gasteiger partial charge in [0, 0.05) is 26.5 Å². The van der Waals surface area contributed by atoms with Crippen LogP contribution in [-0.4, -0.2) is 18.8 Å². The van der Waals surface area contributed by atoms with Gasteiger partial charge in [0.05, 0.1) is 15.8 Å². The Hall–Kier alpha value is -1.69. The molecule has 1 N–H and O–H groups in total. The van der Waals surface area contributed by atoms with Gasteiger partial charge in [-0.1, -0.05) is 35.9 Å². The fourth-order valence-corrected chi connectivity index (χ4v) is 3.13. The summed E-state index contributed by atoms with van der Waals surface area (Å²) in [5.41, 5.74) is 2.05. The molecule has 2 rings (SSSR count). The maximum Gasteiger partial charge on any atom is 0.220 e. The van der Waals surface area contributed by atoms with Gasteiger partial charge in [-0.25, -0.2) is 0 Å². The van der Waals surface area contributed by atoms with Crippen LogP contribution in [0.1, 0.15) is 33.6 Å². The lowest BCUT2D eigenvalue weighted by Gasteiger charge is -2.10. The highest BCUT2D eigenvalue weighted by molar-refractivity contribution is 7.18. The van der Waals surface area contributed by atoms with Gasteiger partial charge in [0.25, 0.3) is 0 Å². The van der Waals surface area contributed by atoms with Crippen molar-refractivity contribution in [3.63, 3.8) is 0 Å². The van der Waals surface area contributed by atoms with Crippen LogP contribution in [0, 0.1) is 0 Å². The van der Waals surface area contributed by atoms with Gasteiger partial charge < -0.3 is 10.1 Å². The second-order valence-corrected chi connectivity index (χ2v) is 6.72. The third kappa shape index (κ3) is 5.46. The van der Waals surface area contributed by atoms with E-state index in [0.29, 0.717) is 22.4 Å². The molecule has 6 heteroatoms. The number of hydrogen-bond acceptors (Lipinski definition) is 4. The van der Waals surface area contributed by atoms with E-state index in [1.165, 1.54) is 11.3 Å². The van der Waals surface area contributed by atoms with E-state index in [-0.39, 0.29) is 24.5 Å². The molecule has 0 aliphatic rings. The SMILES string of the molecule is COCc1ccccc1CNC(=O)CCC(=O)c1ccc(Cl)s1. The summed E-state index contributed by atoms with van der Waals surface area (Å²) < 4.78 is 5.71. The minimum atomic E-state index is -0.145. The Morgan fingerprint density at radius 3 is 2.52 bits per heavy atom. The lowest BCUT2D eigenvalue weighted by Crippen LogP contribution is -2.23. The number of amides is 1. The molecule has 0 aliphatic heterocycles. The molecule has 4 nitrogen and oxygen atoms in total. The zero-order valence-corrected chi connectivity index (χ0v) is 14.4. The molecule has 0 saturated carbocycles. The number of methoxy groups -OCH3 is 1. The first-order chi connectivity index (χ1) is 11.1. The van der Waals surface area contributed by atoms with E-state index in [1.54, 1.807) is 19.2 Å². The predicted octanol–water partition coefficient (Wildman–Crippen LogP) is 3.83. The second kappa shape index (κ2) is 8.82. The Morgan fingerprint density at radius 1 is 1.13 bits per heavy atom. The number of nitrogens with one attached hydrogen (secondary N) is 1. The molecule has 0 unspecified atom stereocenters. The highest BCUT2D eigenvalue weighted by Crippen LogP contribution is 2.22. The molecule has 1 aromatic heterocycles. The number of carbonyl (C=O) groups is 2. The number of Topliss-reactive ketones (excluding diaryl/α,β-unsaturated/α-hetero) is 1. The third-order valence-electron chi connectivity index (χ3n) is 3.32. The van der Waals surface area contributed by atoms with Crippen molar-refractivity contribution in [1.82, 2.24) is 5.32 Å². The predicted molar refractivity (Wildman–Crippen MR) is 91.9 cm³/mol. The van der Waals surface area contributed by atoms with Gasteiger partial charge >= 0.3 is 0 Å². The number of rotatable bonds is 8. The van der Waals surface area contributed by atoms with Crippen LogP contribution in [0.5, 0.6) is 0 Å². The topological polar surface area (TPSA) is 55.4 Å². The average Bonchev–Trinajstić information content (AvgIpc) is 2.98. The minimum absolute atomic E-state index is 0.0585. The van der Waals surface area contributed by atoms with E-state index >= 15 is 0 Å². The number of ketones is 1. The highest BCUT2D eigenvalue weighted by atomic mass is 35.5. The van der Waals surface area contributed by atoms with Crippen LogP contribution in [0.15, 0.2) is 36.4 Å². The van der Waals surface area contributed by atoms with Crippen molar-refractivity contribution >= 4 is 34.6 Å². The van der Waals surface area contributed by atoms with Gasteiger partial charge in [0.15, 0.2) is 5.78 Å². The molecule has 0 fully saturated rings. The molecule has 122 valence electrons. The average molecular weight is 352 g/mol. The first-order valence-electron chi connectivity index (χ1n) is 7.21. The van der Waals surface area contributed by atoms with Crippen LogP contribution in [0.2, 0.25) is 4.34 Å². The quantitative estimate of drug-likeness (QED) is 0.735. The van der Waals surface area contributed by atoms with Crippen LogP contribution >= 0.6 is 22.9 Å². The molecule has 0 spiro atoms.